The van der Waals surface area contributed by atoms with Gasteiger partial charge in [-0.15, -0.1) is 10.2 Å². The van der Waals surface area contributed by atoms with E-state index in [1.807, 2.05) is 0 Å². The number of hydrogen-bond acceptors (Lipinski definition) is 6. The number of anilines is 1. The highest BCUT2D eigenvalue weighted by Gasteiger charge is 2.06. The molecule has 0 saturated carbocycles. The summed E-state index contributed by atoms with van der Waals surface area (Å²) in [5, 5.41) is 18.1. The molecule has 0 atom stereocenters. The number of hydrazone groups is 1. The van der Waals surface area contributed by atoms with Gasteiger partial charge in [-0.1, -0.05) is 0 Å². The molecule has 1 aromatic carbocycles. The molecule has 0 amide bonds. The molecule has 3 rings (SSSR count). The topological polar surface area (TPSA) is 110 Å². The molecule has 0 fully saturated rings. The minimum absolute atomic E-state index is 0.294. The van der Waals surface area contributed by atoms with Crippen LogP contribution >= 0.6 is 0 Å². The third-order valence-corrected chi connectivity index (χ3v) is 2.74. The summed E-state index contributed by atoms with van der Waals surface area (Å²) in [6.07, 6.45) is 4.51. The highest BCUT2D eigenvalue weighted by atomic mass is 19.1. The van der Waals surface area contributed by atoms with Gasteiger partial charge >= 0.3 is 0 Å². The van der Waals surface area contributed by atoms with E-state index >= 15 is 0 Å². The van der Waals surface area contributed by atoms with E-state index in [4.69, 9.17) is 5.84 Å². The second kappa shape index (κ2) is 5.41. The van der Waals surface area contributed by atoms with Gasteiger partial charge in [-0.25, -0.2) is 14.5 Å². The quantitative estimate of drug-likeness (QED) is 0.376. The van der Waals surface area contributed by atoms with E-state index < -0.39 is 0 Å². The van der Waals surface area contributed by atoms with E-state index in [0.29, 0.717) is 5.95 Å². The molecular weight excluding hydrogens is 275 g/mol. The lowest BCUT2D eigenvalue weighted by atomic mass is 10.1. The Labute approximate surface area is 118 Å². The van der Waals surface area contributed by atoms with E-state index in [2.05, 4.69) is 30.9 Å². The molecule has 0 aliphatic rings. The zero-order valence-corrected chi connectivity index (χ0v) is 10.7. The largest absolute Gasteiger partial charge is 0.335 e. The summed E-state index contributed by atoms with van der Waals surface area (Å²) in [6, 6.07) is 6.08. The summed E-state index contributed by atoms with van der Waals surface area (Å²) in [4.78, 5) is 0. The van der Waals surface area contributed by atoms with Crippen LogP contribution in [-0.2, 0) is 0 Å². The van der Waals surface area contributed by atoms with Crippen molar-refractivity contribution in [1.29, 1.82) is 0 Å². The zero-order chi connectivity index (χ0) is 14.7. The predicted molar refractivity (Wildman–Crippen MR) is 75.4 cm³/mol. The van der Waals surface area contributed by atoms with Crippen molar-refractivity contribution in [2.75, 3.05) is 11.3 Å². The Morgan fingerprint density at radius 3 is 2.86 bits per heavy atom. The number of nitrogens with zero attached hydrogens (tertiary/aromatic N) is 5. The molecule has 106 valence electrons. The molecule has 8 nitrogen and oxygen atoms in total. The fourth-order valence-corrected chi connectivity index (χ4v) is 1.72. The minimum Gasteiger partial charge on any atom is -0.335 e. The molecular formula is C12H11FN8. The number of nitrogens with two attached hydrogens (primary N) is 1. The summed E-state index contributed by atoms with van der Waals surface area (Å²) >= 11 is 0. The van der Waals surface area contributed by atoms with Crippen LogP contribution in [0.5, 0.6) is 0 Å². The lowest BCUT2D eigenvalue weighted by molar-refractivity contribution is 0.628. The summed E-state index contributed by atoms with van der Waals surface area (Å²) < 4.78 is 14.1. The van der Waals surface area contributed by atoms with Gasteiger partial charge < -0.3 is 5.84 Å². The maximum Gasteiger partial charge on any atom is 0.263 e. The summed E-state index contributed by atoms with van der Waals surface area (Å²) in [5.74, 6) is 5.55. The number of hydrogen-bond donors (Lipinski definition) is 3. The molecule has 0 aliphatic heterocycles. The Morgan fingerprint density at radius 2 is 2.14 bits per heavy atom. The number of aromatic amines is 1. The first-order chi connectivity index (χ1) is 10.2. The Hall–Kier alpha value is -3.23. The average Bonchev–Trinajstić information content (AvgIpc) is 3.10. The SMILES string of the molecule is Nn1cnnc1NN=Cc1cn[nH]c1-c1ccc(F)cc1. The van der Waals surface area contributed by atoms with Crippen LogP contribution in [0.1, 0.15) is 5.56 Å². The molecule has 2 aromatic heterocycles. The summed E-state index contributed by atoms with van der Waals surface area (Å²) in [7, 11) is 0. The minimum atomic E-state index is -0.294. The normalized spacial score (nSPS) is 11.1. The molecule has 3 aromatic rings. The highest BCUT2D eigenvalue weighted by Crippen LogP contribution is 2.20. The van der Waals surface area contributed by atoms with Crippen LogP contribution in [0, 0.1) is 5.82 Å². The number of H-pyrrole nitrogens is 1. The van der Waals surface area contributed by atoms with E-state index in [9.17, 15) is 4.39 Å². The molecule has 0 saturated heterocycles. The highest BCUT2D eigenvalue weighted by molar-refractivity contribution is 5.88. The van der Waals surface area contributed by atoms with Gasteiger partial charge in [0.2, 0.25) is 0 Å². The van der Waals surface area contributed by atoms with Crippen molar-refractivity contribution in [3.63, 3.8) is 0 Å². The third-order valence-electron chi connectivity index (χ3n) is 2.74. The Kier molecular flexibility index (Phi) is 3.29. The van der Waals surface area contributed by atoms with E-state index in [1.165, 1.54) is 23.1 Å². The Morgan fingerprint density at radius 1 is 1.33 bits per heavy atom. The van der Waals surface area contributed by atoms with Crippen LogP contribution in [0.3, 0.4) is 0 Å². The van der Waals surface area contributed by atoms with Crippen LogP contribution in [0.2, 0.25) is 0 Å². The monoisotopic (exact) mass is 286 g/mol. The second-order valence-electron chi connectivity index (χ2n) is 4.14. The van der Waals surface area contributed by atoms with E-state index in [-0.39, 0.29) is 5.82 Å². The van der Waals surface area contributed by atoms with Gasteiger partial charge in [-0.3, -0.25) is 5.10 Å². The summed E-state index contributed by atoms with van der Waals surface area (Å²) in [6.45, 7) is 0. The second-order valence-corrected chi connectivity index (χ2v) is 4.14. The number of nitrogens with one attached hydrogen (secondary N) is 2. The molecule has 2 heterocycles. The number of aromatic nitrogens is 5. The maximum atomic E-state index is 12.9. The lowest BCUT2D eigenvalue weighted by Gasteiger charge is -2.00. The number of benzene rings is 1. The Balaban J connectivity index is 1.79. The van der Waals surface area contributed by atoms with Gasteiger partial charge in [0, 0.05) is 11.1 Å². The number of halogens is 1. The molecule has 0 spiro atoms. The van der Waals surface area contributed by atoms with Gasteiger partial charge in [0.15, 0.2) is 0 Å². The van der Waals surface area contributed by atoms with Crippen LogP contribution in [0.15, 0.2) is 41.9 Å². The van der Waals surface area contributed by atoms with Crippen molar-refractivity contribution >= 4 is 12.2 Å². The lowest BCUT2D eigenvalue weighted by Crippen LogP contribution is -2.10. The molecule has 0 unspecified atom stereocenters. The van der Waals surface area contributed by atoms with E-state index in [1.54, 1.807) is 24.5 Å². The number of rotatable bonds is 4. The average molecular weight is 286 g/mol. The van der Waals surface area contributed by atoms with Crippen molar-refractivity contribution < 1.29 is 4.39 Å². The first-order valence-corrected chi connectivity index (χ1v) is 5.97. The van der Waals surface area contributed by atoms with Crippen molar-refractivity contribution in [1.82, 2.24) is 25.1 Å². The van der Waals surface area contributed by atoms with Crippen molar-refractivity contribution in [3.05, 3.63) is 48.2 Å². The van der Waals surface area contributed by atoms with Crippen LogP contribution in [0.25, 0.3) is 11.3 Å². The smallest absolute Gasteiger partial charge is 0.263 e. The molecule has 0 bridgehead atoms. The fraction of sp³-hybridized carbons (Fsp3) is 0. The molecule has 4 N–H and O–H groups in total. The van der Waals surface area contributed by atoms with Gasteiger partial charge in [-0.05, 0) is 24.3 Å². The fourth-order valence-electron chi connectivity index (χ4n) is 1.72. The maximum absolute atomic E-state index is 12.9. The Bertz CT molecular complexity index is 758. The van der Waals surface area contributed by atoms with Gasteiger partial charge in [0.25, 0.3) is 5.95 Å². The standard InChI is InChI=1S/C12H11FN8/c13-10-3-1-8(2-4-10)11-9(5-15-18-11)6-16-19-12-20-17-7-21(12)14/h1-7H,14H2,(H,15,18)(H,19,20). The first-order valence-electron chi connectivity index (χ1n) is 5.97. The van der Waals surface area contributed by atoms with Gasteiger partial charge in [-0.2, -0.15) is 10.2 Å². The molecule has 0 radical (unpaired) electrons. The van der Waals surface area contributed by atoms with Crippen LogP contribution in [-0.4, -0.2) is 31.3 Å². The summed E-state index contributed by atoms with van der Waals surface area (Å²) in [5.41, 5.74) is 4.92. The van der Waals surface area contributed by atoms with E-state index in [0.717, 1.165) is 16.8 Å². The van der Waals surface area contributed by atoms with Crippen LogP contribution in [0.4, 0.5) is 10.3 Å². The zero-order valence-electron chi connectivity index (χ0n) is 10.7. The molecule has 0 aliphatic carbocycles. The van der Waals surface area contributed by atoms with Crippen molar-refractivity contribution in [3.8, 4) is 11.3 Å². The first kappa shape index (κ1) is 12.8. The molecule has 21 heavy (non-hydrogen) atoms. The predicted octanol–water partition coefficient (Wildman–Crippen LogP) is 0.967. The van der Waals surface area contributed by atoms with Gasteiger partial charge in [0.05, 0.1) is 18.1 Å². The third kappa shape index (κ3) is 2.71. The van der Waals surface area contributed by atoms with Gasteiger partial charge in [0.1, 0.15) is 12.1 Å². The number of nitrogen functional groups attached to an aromatic ring is 1. The molecule has 9 heteroatoms. The van der Waals surface area contributed by atoms with Crippen molar-refractivity contribution in [2.24, 2.45) is 5.10 Å². The van der Waals surface area contributed by atoms with Crippen LogP contribution < -0.4 is 11.3 Å². The van der Waals surface area contributed by atoms with Crippen molar-refractivity contribution in [2.45, 2.75) is 0 Å².